The van der Waals surface area contributed by atoms with E-state index in [1.807, 2.05) is 13.8 Å². The highest BCUT2D eigenvalue weighted by molar-refractivity contribution is 8.00. The van der Waals surface area contributed by atoms with Crippen molar-refractivity contribution < 1.29 is 19.4 Å². The van der Waals surface area contributed by atoms with Gasteiger partial charge in [-0.2, -0.15) is 0 Å². The number of aromatic nitrogens is 2. The van der Waals surface area contributed by atoms with Crippen LogP contribution in [0.4, 0.5) is 0 Å². The molecule has 0 aliphatic heterocycles. The van der Waals surface area contributed by atoms with Crippen molar-refractivity contribution in [3.8, 4) is 0 Å². The van der Waals surface area contributed by atoms with Gasteiger partial charge in [0.1, 0.15) is 0 Å². The molecule has 0 radical (unpaired) electrons. The fraction of sp³-hybridized carbons (Fsp3) is 0.500. The molecule has 0 aliphatic rings. The molecule has 158 valence electrons. The normalized spacial score (nSPS) is 13.3. The van der Waals surface area contributed by atoms with Crippen molar-refractivity contribution in [2.24, 2.45) is 5.92 Å². The van der Waals surface area contributed by atoms with E-state index in [4.69, 9.17) is 4.74 Å². The number of aliphatic hydroxyl groups is 1. The van der Waals surface area contributed by atoms with Crippen molar-refractivity contribution in [3.63, 3.8) is 0 Å². The molecule has 0 bridgehead atoms. The van der Waals surface area contributed by atoms with Crippen LogP contribution in [0.3, 0.4) is 0 Å². The molecule has 1 heterocycles. The first-order chi connectivity index (χ1) is 13.6. The van der Waals surface area contributed by atoms with Gasteiger partial charge in [-0.1, -0.05) is 25.6 Å². The van der Waals surface area contributed by atoms with E-state index in [1.54, 1.807) is 13.8 Å². The predicted molar refractivity (Wildman–Crippen MR) is 112 cm³/mol. The third kappa shape index (κ3) is 5.80. The van der Waals surface area contributed by atoms with E-state index in [-0.39, 0.29) is 23.6 Å². The van der Waals surface area contributed by atoms with Crippen LogP contribution in [0.15, 0.2) is 28.2 Å². The number of fused-ring (bicyclic) bond motifs is 1. The first kappa shape index (κ1) is 22.9. The zero-order chi connectivity index (χ0) is 21.7. The molecule has 2 N–H and O–H groups in total. The van der Waals surface area contributed by atoms with Crippen LogP contribution in [0.2, 0.25) is 0 Å². The average Bonchev–Trinajstić information content (AvgIpc) is 2.67. The summed E-state index contributed by atoms with van der Waals surface area (Å²) in [4.78, 5) is 41.7. The zero-order valence-corrected chi connectivity index (χ0v) is 18.1. The number of benzene rings is 1. The number of carbonyl (C=O) groups is 2. The highest BCUT2D eigenvalue weighted by Gasteiger charge is 2.21. The number of carbonyl (C=O) groups excluding carboxylic acids is 2. The summed E-state index contributed by atoms with van der Waals surface area (Å²) in [5.41, 5.74) is 0.264. The maximum absolute atomic E-state index is 13.0. The number of hydrogen-bond donors (Lipinski definition) is 2. The number of rotatable bonds is 8. The Balaban J connectivity index is 2.47. The van der Waals surface area contributed by atoms with E-state index in [0.717, 1.165) is 11.8 Å². The Morgan fingerprint density at radius 3 is 2.55 bits per heavy atom. The van der Waals surface area contributed by atoms with Gasteiger partial charge in [-0.3, -0.25) is 14.2 Å². The lowest BCUT2D eigenvalue weighted by atomic mass is 10.1. The van der Waals surface area contributed by atoms with E-state index in [2.05, 4.69) is 10.3 Å². The van der Waals surface area contributed by atoms with Gasteiger partial charge in [0.05, 0.1) is 41.5 Å². The summed E-state index contributed by atoms with van der Waals surface area (Å²) in [5, 5.41) is 12.8. The third-order valence-electron chi connectivity index (χ3n) is 4.12. The number of hydrogen-bond acceptors (Lipinski definition) is 7. The quantitative estimate of drug-likeness (QED) is 0.380. The second-order valence-electron chi connectivity index (χ2n) is 7.28. The molecule has 0 aliphatic carbocycles. The Kier molecular flexibility index (Phi) is 7.80. The Hall–Kier alpha value is -2.39. The van der Waals surface area contributed by atoms with Gasteiger partial charge < -0.3 is 15.2 Å². The summed E-state index contributed by atoms with van der Waals surface area (Å²) in [6.07, 6.45) is -0.772. The fourth-order valence-corrected chi connectivity index (χ4v) is 3.56. The van der Waals surface area contributed by atoms with Gasteiger partial charge in [0, 0.05) is 6.54 Å². The largest absolute Gasteiger partial charge is 0.465 e. The van der Waals surface area contributed by atoms with Crippen molar-refractivity contribution in [2.45, 2.75) is 50.8 Å². The minimum atomic E-state index is -0.772. The monoisotopic (exact) mass is 421 g/mol. The van der Waals surface area contributed by atoms with E-state index in [9.17, 15) is 19.5 Å². The lowest BCUT2D eigenvalue weighted by Gasteiger charge is -2.18. The Bertz CT molecular complexity index is 955. The second kappa shape index (κ2) is 9.89. The van der Waals surface area contributed by atoms with E-state index in [1.165, 1.54) is 29.9 Å². The Morgan fingerprint density at radius 1 is 1.28 bits per heavy atom. The van der Waals surface area contributed by atoms with Crippen LogP contribution in [0.5, 0.6) is 0 Å². The average molecular weight is 422 g/mol. The first-order valence-corrected chi connectivity index (χ1v) is 10.3. The topological polar surface area (TPSA) is 111 Å². The molecular weight excluding hydrogens is 394 g/mol. The molecule has 1 aromatic carbocycles. The molecule has 1 amide bonds. The van der Waals surface area contributed by atoms with E-state index >= 15 is 0 Å². The molecule has 0 unspecified atom stereocenters. The van der Waals surface area contributed by atoms with Crippen LogP contribution in [-0.4, -0.2) is 51.5 Å². The van der Waals surface area contributed by atoms with Gasteiger partial charge in [0.2, 0.25) is 5.91 Å². The van der Waals surface area contributed by atoms with Gasteiger partial charge in [-0.25, -0.2) is 9.78 Å². The van der Waals surface area contributed by atoms with Gasteiger partial charge >= 0.3 is 5.97 Å². The first-order valence-electron chi connectivity index (χ1n) is 9.39. The number of nitrogens with one attached hydrogen (secondary N) is 1. The Labute approximate surface area is 173 Å². The molecule has 0 saturated heterocycles. The third-order valence-corrected chi connectivity index (χ3v) is 5.21. The standard InChI is InChI=1S/C20H27N3O5S/c1-11(2)9-21-17(25)13(4)29-20-22-16-8-14(19(27)28-5)6-7-15(16)18(26)23(20)10-12(3)24/h6-8,11-13,24H,9-10H2,1-5H3,(H,21,25)/t12-,13-/m0/s1. The molecule has 2 atom stereocenters. The van der Waals surface area contributed by atoms with Crippen LogP contribution in [-0.2, 0) is 16.1 Å². The van der Waals surface area contributed by atoms with Crippen LogP contribution in [0.25, 0.3) is 10.9 Å². The minimum absolute atomic E-state index is 0.0448. The minimum Gasteiger partial charge on any atom is -0.465 e. The smallest absolute Gasteiger partial charge is 0.337 e. The molecular formula is C20H27N3O5S. The van der Waals surface area contributed by atoms with E-state index in [0.29, 0.717) is 28.5 Å². The fourth-order valence-electron chi connectivity index (χ4n) is 2.62. The molecule has 1 aromatic heterocycles. The summed E-state index contributed by atoms with van der Waals surface area (Å²) in [6.45, 7) is 7.91. The lowest BCUT2D eigenvalue weighted by molar-refractivity contribution is -0.120. The number of aliphatic hydroxyl groups excluding tert-OH is 1. The molecule has 29 heavy (non-hydrogen) atoms. The molecule has 2 rings (SSSR count). The highest BCUT2D eigenvalue weighted by Crippen LogP contribution is 2.23. The number of nitrogens with zero attached hydrogens (tertiary/aromatic N) is 2. The van der Waals surface area contributed by atoms with Crippen LogP contribution in [0, 0.1) is 5.92 Å². The predicted octanol–water partition coefficient (Wildman–Crippen LogP) is 1.82. The van der Waals surface area contributed by atoms with Crippen molar-refractivity contribution in [3.05, 3.63) is 34.1 Å². The Morgan fingerprint density at radius 2 is 1.97 bits per heavy atom. The molecule has 0 fully saturated rings. The summed E-state index contributed by atoms with van der Waals surface area (Å²) in [7, 11) is 1.28. The molecule has 0 spiro atoms. The summed E-state index contributed by atoms with van der Waals surface area (Å²) in [6, 6.07) is 4.50. The molecule has 8 nitrogen and oxygen atoms in total. The van der Waals surface area contributed by atoms with Gasteiger partial charge in [-0.15, -0.1) is 0 Å². The molecule has 0 saturated carbocycles. The van der Waals surface area contributed by atoms with Gasteiger partial charge in [0.25, 0.3) is 5.56 Å². The number of amides is 1. The number of thioether (sulfide) groups is 1. The van der Waals surface area contributed by atoms with Crippen LogP contribution in [0.1, 0.15) is 38.1 Å². The van der Waals surface area contributed by atoms with Crippen molar-refractivity contribution in [2.75, 3.05) is 13.7 Å². The second-order valence-corrected chi connectivity index (χ2v) is 8.59. The summed E-state index contributed by atoms with van der Waals surface area (Å²) in [5.74, 6) is -0.373. The maximum atomic E-state index is 13.0. The molecule has 2 aromatic rings. The maximum Gasteiger partial charge on any atom is 0.337 e. The summed E-state index contributed by atoms with van der Waals surface area (Å²) >= 11 is 1.13. The number of ether oxygens (including phenoxy) is 1. The summed E-state index contributed by atoms with van der Waals surface area (Å²) < 4.78 is 6.09. The highest BCUT2D eigenvalue weighted by atomic mass is 32.2. The van der Waals surface area contributed by atoms with Crippen molar-refractivity contribution in [1.82, 2.24) is 14.9 Å². The van der Waals surface area contributed by atoms with E-state index < -0.39 is 17.3 Å². The number of methoxy groups -OCH3 is 1. The van der Waals surface area contributed by atoms with Crippen molar-refractivity contribution in [1.29, 1.82) is 0 Å². The van der Waals surface area contributed by atoms with Gasteiger partial charge in [-0.05, 0) is 38.0 Å². The lowest BCUT2D eigenvalue weighted by Crippen LogP contribution is -2.34. The SMILES string of the molecule is COC(=O)c1ccc2c(=O)n(C[C@H](C)O)c(S[C@@H](C)C(=O)NCC(C)C)nc2c1. The van der Waals surface area contributed by atoms with Crippen LogP contribution < -0.4 is 10.9 Å². The molecule has 9 heteroatoms. The van der Waals surface area contributed by atoms with Gasteiger partial charge in [0.15, 0.2) is 5.16 Å². The van der Waals surface area contributed by atoms with Crippen LogP contribution >= 0.6 is 11.8 Å². The zero-order valence-electron chi connectivity index (χ0n) is 17.3. The van der Waals surface area contributed by atoms with Crippen molar-refractivity contribution >= 4 is 34.5 Å². The number of esters is 1.